The van der Waals surface area contributed by atoms with Gasteiger partial charge in [-0.05, 0) is 72.4 Å². The van der Waals surface area contributed by atoms with Crippen LogP contribution in [0.15, 0.2) is 60.8 Å². The molecule has 0 atom stereocenters. The lowest BCUT2D eigenvalue weighted by molar-refractivity contribution is -0.107. The number of hydrogen-bond acceptors (Lipinski definition) is 2. The molecule has 190 valence electrons. The quantitative estimate of drug-likeness (QED) is 0.219. The van der Waals surface area contributed by atoms with E-state index in [2.05, 4.69) is 16.0 Å². The van der Waals surface area contributed by atoms with E-state index in [-0.39, 0.29) is 19.1 Å². The van der Waals surface area contributed by atoms with Crippen LogP contribution in [0.1, 0.15) is 53.1 Å². The van der Waals surface area contributed by atoms with Crippen LogP contribution in [0.25, 0.3) is 22.3 Å². The van der Waals surface area contributed by atoms with Gasteiger partial charge in [0.2, 0.25) is 0 Å². The fourth-order valence-corrected chi connectivity index (χ4v) is 4.78. The fraction of sp³-hybridized carbons (Fsp3) is 0.226. The minimum atomic E-state index is -0.381. The summed E-state index contributed by atoms with van der Waals surface area (Å²) in [6, 6.07) is 16.4. The second-order valence-corrected chi connectivity index (χ2v) is 9.25. The molecule has 2 heterocycles. The maximum Gasteiger partial charge on any atom is 0.140 e. The van der Waals surface area contributed by atoms with Gasteiger partial charge in [0.15, 0.2) is 0 Å². The highest BCUT2D eigenvalue weighted by Gasteiger charge is 2.16. The molecule has 3 aromatic carbocycles. The van der Waals surface area contributed by atoms with E-state index in [9.17, 15) is 13.6 Å². The number of imidazole rings is 1. The summed E-state index contributed by atoms with van der Waals surface area (Å²) in [5.41, 5.74) is 7.31. The molecule has 0 bridgehead atoms. The van der Waals surface area contributed by atoms with Crippen molar-refractivity contribution in [2.45, 2.75) is 47.0 Å². The first-order valence-corrected chi connectivity index (χ1v) is 12.0. The van der Waals surface area contributed by atoms with Gasteiger partial charge in [-0.15, -0.1) is 0 Å². The van der Waals surface area contributed by atoms with Crippen molar-refractivity contribution in [3.63, 3.8) is 0 Å². The number of aromatic amines is 2. The smallest absolute Gasteiger partial charge is 0.140 e. The predicted molar refractivity (Wildman–Crippen MR) is 145 cm³/mol. The van der Waals surface area contributed by atoms with Crippen LogP contribution < -0.4 is 0 Å². The van der Waals surface area contributed by atoms with Crippen LogP contribution in [0, 0.1) is 25.5 Å². The van der Waals surface area contributed by atoms with Crippen LogP contribution in [-0.2, 0) is 24.1 Å². The highest BCUT2D eigenvalue weighted by molar-refractivity contribution is 5.84. The number of carbonyl (C=O) groups is 1. The summed E-state index contributed by atoms with van der Waals surface area (Å²) in [5.74, 6) is -0.203. The summed E-state index contributed by atoms with van der Waals surface area (Å²) < 4.78 is 29.8. The molecule has 0 spiro atoms. The number of fused-ring (bicyclic) bond motifs is 1. The third-order valence-electron chi connectivity index (χ3n) is 6.76. The SMILES string of the molecule is C.Cc1[nH]c(-c2cc(Cc3c(F)cc4[nH]ccc4c3C)ccc2F)nc1Cc1cccc(CCC=O)c1. The summed E-state index contributed by atoms with van der Waals surface area (Å²) in [4.78, 5) is 21.7. The zero-order valence-corrected chi connectivity index (χ0v) is 20.3. The van der Waals surface area contributed by atoms with Gasteiger partial charge < -0.3 is 14.8 Å². The number of benzene rings is 3. The normalized spacial score (nSPS) is 11.0. The van der Waals surface area contributed by atoms with Crippen molar-refractivity contribution in [1.82, 2.24) is 15.0 Å². The molecule has 6 heteroatoms. The number of aldehydes is 1. The molecule has 0 radical (unpaired) electrons. The average Bonchev–Trinajstić information content (AvgIpc) is 3.48. The van der Waals surface area contributed by atoms with E-state index >= 15 is 0 Å². The van der Waals surface area contributed by atoms with Crippen LogP contribution in [0.5, 0.6) is 0 Å². The third-order valence-corrected chi connectivity index (χ3v) is 6.76. The Labute approximate surface area is 215 Å². The molecule has 2 N–H and O–H groups in total. The number of nitrogens with zero attached hydrogens (tertiary/aromatic N) is 1. The van der Waals surface area contributed by atoms with E-state index in [4.69, 9.17) is 4.98 Å². The van der Waals surface area contributed by atoms with E-state index in [1.165, 1.54) is 12.1 Å². The van der Waals surface area contributed by atoms with Crippen LogP contribution in [-0.4, -0.2) is 21.2 Å². The molecular formula is C31H31F2N3O. The number of carbonyl (C=O) groups excluding carboxylic acids is 1. The highest BCUT2D eigenvalue weighted by atomic mass is 19.1. The molecule has 2 aromatic heterocycles. The predicted octanol–water partition coefficient (Wildman–Crippen LogP) is 7.40. The van der Waals surface area contributed by atoms with Crippen LogP contribution in [0.2, 0.25) is 0 Å². The van der Waals surface area contributed by atoms with Gasteiger partial charge in [-0.25, -0.2) is 13.8 Å². The van der Waals surface area contributed by atoms with Crippen LogP contribution in [0.3, 0.4) is 0 Å². The van der Waals surface area contributed by atoms with Gasteiger partial charge in [0.1, 0.15) is 23.7 Å². The van der Waals surface area contributed by atoms with Crippen molar-refractivity contribution in [3.8, 4) is 11.4 Å². The number of hydrogen-bond donors (Lipinski definition) is 2. The van der Waals surface area contributed by atoms with Crippen molar-refractivity contribution in [2.75, 3.05) is 0 Å². The Bertz CT molecular complexity index is 1560. The minimum Gasteiger partial charge on any atom is -0.361 e. The summed E-state index contributed by atoms with van der Waals surface area (Å²) in [6.45, 7) is 3.84. The number of nitrogens with one attached hydrogen (secondary N) is 2. The summed E-state index contributed by atoms with van der Waals surface area (Å²) in [6.07, 6.45) is 4.87. The lowest BCUT2D eigenvalue weighted by Crippen LogP contribution is -1.99. The van der Waals surface area contributed by atoms with E-state index < -0.39 is 0 Å². The zero-order chi connectivity index (χ0) is 25.2. The molecular weight excluding hydrogens is 468 g/mol. The first kappa shape index (κ1) is 26.0. The molecule has 0 aliphatic heterocycles. The standard InChI is InChI=1S/C30H27F2N3O.CH4/c1-18-23-10-11-33-29(23)17-27(32)24(18)14-22-8-9-26(31)25(15-22)30-34-19(2)28(35-30)16-21-6-3-5-20(13-21)7-4-12-36;/h3,5-6,8-13,15,17,33H,4,7,14,16H2,1-2H3,(H,34,35);1H4. The van der Waals surface area contributed by atoms with Gasteiger partial charge in [0, 0.05) is 42.1 Å². The van der Waals surface area contributed by atoms with Gasteiger partial charge in [-0.2, -0.15) is 0 Å². The van der Waals surface area contributed by atoms with Crippen molar-refractivity contribution in [2.24, 2.45) is 0 Å². The number of rotatable bonds is 8. The molecule has 0 fully saturated rings. The Hall–Kier alpha value is -4.06. The van der Waals surface area contributed by atoms with E-state index in [0.29, 0.717) is 42.6 Å². The maximum atomic E-state index is 14.9. The number of H-pyrrole nitrogens is 2. The maximum absolute atomic E-state index is 14.9. The Balaban J connectivity index is 0.00000320. The molecule has 5 rings (SSSR count). The monoisotopic (exact) mass is 499 g/mol. The molecule has 0 saturated heterocycles. The van der Waals surface area contributed by atoms with Crippen molar-refractivity contribution in [3.05, 3.63) is 112 Å². The second-order valence-electron chi connectivity index (χ2n) is 9.25. The molecule has 0 amide bonds. The van der Waals surface area contributed by atoms with Gasteiger partial charge in [-0.3, -0.25) is 0 Å². The minimum absolute atomic E-state index is 0. The first-order chi connectivity index (χ1) is 17.4. The topological polar surface area (TPSA) is 61.5 Å². The Morgan fingerprint density at radius 1 is 0.919 bits per heavy atom. The van der Waals surface area contributed by atoms with Crippen LogP contribution in [0.4, 0.5) is 8.78 Å². The Morgan fingerprint density at radius 3 is 2.51 bits per heavy atom. The third kappa shape index (κ3) is 5.38. The number of halogens is 2. The van der Waals surface area contributed by atoms with E-state index in [0.717, 1.165) is 50.8 Å². The molecule has 37 heavy (non-hydrogen) atoms. The number of aromatic nitrogens is 3. The van der Waals surface area contributed by atoms with Crippen molar-refractivity contribution < 1.29 is 13.6 Å². The average molecular weight is 500 g/mol. The lowest BCUT2D eigenvalue weighted by Gasteiger charge is -2.11. The molecule has 0 unspecified atom stereocenters. The van der Waals surface area contributed by atoms with E-state index in [1.54, 1.807) is 18.3 Å². The molecule has 5 aromatic rings. The zero-order valence-electron chi connectivity index (χ0n) is 20.3. The second kappa shape index (κ2) is 10.9. The van der Waals surface area contributed by atoms with Gasteiger partial charge in [-0.1, -0.05) is 37.8 Å². The summed E-state index contributed by atoms with van der Waals surface area (Å²) in [5, 5.41) is 0.982. The Kier molecular flexibility index (Phi) is 7.67. The number of aryl methyl sites for hydroxylation is 3. The summed E-state index contributed by atoms with van der Waals surface area (Å²) >= 11 is 0. The first-order valence-electron chi connectivity index (χ1n) is 12.0. The largest absolute Gasteiger partial charge is 0.361 e. The van der Waals surface area contributed by atoms with Crippen molar-refractivity contribution in [1.29, 1.82) is 0 Å². The fourth-order valence-electron chi connectivity index (χ4n) is 4.78. The van der Waals surface area contributed by atoms with Gasteiger partial charge in [0.05, 0.1) is 11.3 Å². The summed E-state index contributed by atoms with van der Waals surface area (Å²) in [7, 11) is 0. The lowest BCUT2D eigenvalue weighted by atomic mass is 9.96. The van der Waals surface area contributed by atoms with Gasteiger partial charge >= 0.3 is 0 Å². The van der Waals surface area contributed by atoms with Crippen molar-refractivity contribution >= 4 is 17.2 Å². The molecule has 4 nitrogen and oxygen atoms in total. The molecule has 0 aliphatic rings. The Morgan fingerprint density at radius 2 is 1.70 bits per heavy atom. The van der Waals surface area contributed by atoms with E-state index in [1.807, 2.05) is 38.1 Å². The van der Waals surface area contributed by atoms with Crippen LogP contribution >= 0.6 is 0 Å². The van der Waals surface area contributed by atoms with Gasteiger partial charge in [0.25, 0.3) is 0 Å². The highest BCUT2D eigenvalue weighted by Crippen LogP contribution is 2.29. The molecule has 0 saturated carbocycles. The molecule has 0 aliphatic carbocycles.